The van der Waals surface area contributed by atoms with E-state index in [0.717, 1.165) is 28.5 Å². The number of thiazole rings is 1. The highest BCUT2D eigenvalue weighted by Gasteiger charge is 2.14. The van der Waals surface area contributed by atoms with Crippen molar-refractivity contribution in [1.29, 1.82) is 0 Å². The lowest BCUT2D eigenvalue weighted by Crippen LogP contribution is -2.06. The van der Waals surface area contributed by atoms with E-state index >= 15 is 0 Å². The molecule has 0 aliphatic rings. The SMILES string of the molecule is CCc1cc(CC(O)c2csc(C)n2)n(C)n1. The highest BCUT2D eigenvalue weighted by Crippen LogP contribution is 2.20. The smallest absolute Gasteiger partial charge is 0.102 e. The van der Waals surface area contributed by atoms with Crippen LogP contribution in [0.3, 0.4) is 0 Å². The Morgan fingerprint density at radius 3 is 2.82 bits per heavy atom. The van der Waals surface area contributed by atoms with Gasteiger partial charge in [0.1, 0.15) is 6.10 Å². The molecule has 2 rings (SSSR count). The van der Waals surface area contributed by atoms with Gasteiger partial charge in [-0.15, -0.1) is 11.3 Å². The van der Waals surface area contributed by atoms with E-state index in [2.05, 4.69) is 17.0 Å². The number of aliphatic hydroxyl groups excluding tert-OH is 1. The molecule has 4 nitrogen and oxygen atoms in total. The Morgan fingerprint density at radius 2 is 2.29 bits per heavy atom. The molecular formula is C12H17N3OS. The van der Waals surface area contributed by atoms with Crippen LogP contribution in [-0.4, -0.2) is 19.9 Å². The molecule has 0 saturated heterocycles. The molecule has 0 saturated carbocycles. The van der Waals surface area contributed by atoms with E-state index in [1.54, 1.807) is 11.3 Å². The van der Waals surface area contributed by atoms with Gasteiger partial charge in [0, 0.05) is 24.5 Å². The lowest BCUT2D eigenvalue weighted by Gasteiger charge is -2.07. The first-order chi connectivity index (χ1) is 8.10. The third-order valence-electron chi connectivity index (χ3n) is 2.77. The van der Waals surface area contributed by atoms with Gasteiger partial charge in [-0.1, -0.05) is 6.92 Å². The molecule has 17 heavy (non-hydrogen) atoms. The summed E-state index contributed by atoms with van der Waals surface area (Å²) in [6.07, 6.45) is 0.937. The normalized spacial score (nSPS) is 12.9. The van der Waals surface area contributed by atoms with Crippen LogP contribution in [0.15, 0.2) is 11.4 Å². The molecule has 5 heteroatoms. The Balaban J connectivity index is 2.12. The summed E-state index contributed by atoms with van der Waals surface area (Å²) in [4.78, 5) is 4.30. The van der Waals surface area contributed by atoms with Gasteiger partial charge in [0.15, 0.2) is 0 Å². The summed E-state index contributed by atoms with van der Waals surface area (Å²) in [6.45, 7) is 4.02. The molecule has 2 aromatic heterocycles. The average Bonchev–Trinajstić information content (AvgIpc) is 2.86. The van der Waals surface area contributed by atoms with Crippen LogP contribution in [0.25, 0.3) is 0 Å². The first-order valence-corrected chi connectivity index (χ1v) is 6.60. The molecule has 0 spiro atoms. The van der Waals surface area contributed by atoms with Gasteiger partial charge in [-0.2, -0.15) is 5.10 Å². The molecule has 0 radical (unpaired) electrons. The maximum absolute atomic E-state index is 10.1. The number of hydrogen-bond acceptors (Lipinski definition) is 4. The average molecular weight is 251 g/mol. The van der Waals surface area contributed by atoms with Crippen molar-refractivity contribution >= 4 is 11.3 Å². The van der Waals surface area contributed by atoms with Crippen molar-refractivity contribution in [2.24, 2.45) is 7.05 Å². The Kier molecular flexibility index (Phi) is 3.59. The molecule has 92 valence electrons. The summed E-state index contributed by atoms with van der Waals surface area (Å²) < 4.78 is 1.83. The van der Waals surface area contributed by atoms with Crippen molar-refractivity contribution in [1.82, 2.24) is 14.8 Å². The van der Waals surface area contributed by atoms with Gasteiger partial charge in [-0.25, -0.2) is 4.98 Å². The minimum absolute atomic E-state index is 0.542. The van der Waals surface area contributed by atoms with Gasteiger partial charge in [-0.05, 0) is 19.4 Å². The highest BCUT2D eigenvalue weighted by molar-refractivity contribution is 7.09. The maximum atomic E-state index is 10.1. The third-order valence-corrected chi connectivity index (χ3v) is 3.56. The van der Waals surface area contributed by atoms with Crippen LogP contribution in [0.5, 0.6) is 0 Å². The molecule has 2 heterocycles. The van der Waals surface area contributed by atoms with Crippen molar-refractivity contribution in [3.8, 4) is 0 Å². The van der Waals surface area contributed by atoms with E-state index in [0.29, 0.717) is 6.42 Å². The molecule has 0 fully saturated rings. The van der Waals surface area contributed by atoms with Gasteiger partial charge < -0.3 is 5.11 Å². The Bertz CT molecular complexity index is 504. The number of nitrogens with zero attached hydrogens (tertiary/aromatic N) is 3. The van der Waals surface area contributed by atoms with Crippen LogP contribution in [0.4, 0.5) is 0 Å². The zero-order chi connectivity index (χ0) is 12.4. The molecule has 0 bridgehead atoms. The van der Waals surface area contributed by atoms with E-state index < -0.39 is 6.10 Å². The lowest BCUT2D eigenvalue weighted by atomic mass is 10.1. The quantitative estimate of drug-likeness (QED) is 0.904. The van der Waals surface area contributed by atoms with Gasteiger partial charge in [-0.3, -0.25) is 4.68 Å². The van der Waals surface area contributed by atoms with Gasteiger partial charge in [0.05, 0.1) is 16.4 Å². The Morgan fingerprint density at radius 1 is 1.53 bits per heavy atom. The van der Waals surface area contributed by atoms with Crippen LogP contribution in [0.1, 0.15) is 35.1 Å². The van der Waals surface area contributed by atoms with Crippen LogP contribution in [-0.2, 0) is 19.9 Å². The molecule has 1 unspecified atom stereocenters. The van der Waals surface area contributed by atoms with Crippen molar-refractivity contribution in [2.45, 2.75) is 32.8 Å². The number of rotatable bonds is 4. The van der Waals surface area contributed by atoms with E-state index in [-0.39, 0.29) is 0 Å². The summed E-state index contributed by atoms with van der Waals surface area (Å²) in [7, 11) is 1.91. The second-order valence-corrected chi connectivity index (χ2v) is 5.18. The number of aromatic nitrogens is 3. The third kappa shape index (κ3) is 2.73. The molecular weight excluding hydrogens is 234 g/mol. The second-order valence-electron chi connectivity index (χ2n) is 4.12. The van der Waals surface area contributed by atoms with Gasteiger partial charge in [0.25, 0.3) is 0 Å². The minimum atomic E-state index is -0.542. The lowest BCUT2D eigenvalue weighted by molar-refractivity contribution is 0.171. The molecule has 1 N–H and O–H groups in total. The molecule has 2 aromatic rings. The summed E-state index contributed by atoms with van der Waals surface area (Å²) in [5, 5.41) is 17.4. The van der Waals surface area contributed by atoms with Crippen molar-refractivity contribution in [3.05, 3.63) is 33.5 Å². The zero-order valence-corrected chi connectivity index (χ0v) is 11.2. The van der Waals surface area contributed by atoms with Gasteiger partial charge in [0.2, 0.25) is 0 Å². The largest absolute Gasteiger partial charge is 0.386 e. The van der Waals surface area contributed by atoms with Crippen molar-refractivity contribution in [2.75, 3.05) is 0 Å². The monoisotopic (exact) mass is 251 g/mol. The van der Waals surface area contributed by atoms with Crippen LogP contribution in [0.2, 0.25) is 0 Å². The maximum Gasteiger partial charge on any atom is 0.102 e. The van der Waals surface area contributed by atoms with Crippen molar-refractivity contribution < 1.29 is 5.11 Å². The molecule has 0 aliphatic carbocycles. The fourth-order valence-electron chi connectivity index (χ4n) is 1.77. The first kappa shape index (κ1) is 12.3. The standard InChI is InChI=1S/C12H17N3OS/c1-4-9-5-10(15(3)14-9)6-12(16)11-7-17-8(2)13-11/h5,7,12,16H,4,6H2,1-3H3. The number of aliphatic hydroxyl groups is 1. The number of hydrogen-bond donors (Lipinski definition) is 1. The zero-order valence-electron chi connectivity index (χ0n) is 10.3. The topological polar surface area (TPSA) is 50.9 Å². The Hall–Kier alpha value is -1.20. The number of aryl methyl sites for hydroxylation is 3. The van der Waals surface area contributed by atoms with Crippen LogP contribution >= 0.6 is 11.3 Å². The van der Waals surface area contributed by atoms with E-state index in [1.807, 2.05) is 30.1 Å². The summed E-state index contributed by atoms with van der Waals surface area (Å²) in [6, 6.07) is 2.04. The van der Waals surface area contributed by atoms with E-state index in [4.69, 9.17) is 0 Å². The van der Waals surface area contributed by atoms with Crippen LogP contribution in [0, 0.1) is 6.92 Å². The van der Waals surface area contributed by atoms with Crippen LogP contribution < -0.4 is 0 Å². The molecule has 1 atom stereocenters. The fraction of sp³-hybridized carbons (Fsp3) is 0.500. The van der Waals surface area contributed by atoms with Crippen molar-refractivity contribution in [3.63, 3.8) is 0 Å². The Labute approximate surface area is 105 Å². The summed E-state index contributed by atoms with van der Waals surface area (Å²) in [5.74, 6) is 0. The molecule has 0 amide bonds. The highest BCUT2D eigenvalue weighted by atomic mass is 32.1. The van der Waals surface area contributed by atoms with E-state index in [1.165, 1.54) is 0 Å². The predicted molar refractivity (Wildman–Crippen MR) is 68.1 cm³/mol. The summed E-state index contributed by atoms with van der Waals surface area (Å²) in [5.41, 5.74) is 2.86. The van der Waals surface area contributed by atoms with Gasteiger partial charge >= 0.3 is 0 Å². The predicted octanol–water partition coefficient (Wildman–Crippen LogP) is 2.02. The first-order valence-electron chi connectivity index (χ1n) is 5.72. The minimum Gasteiger partial charge on any atom is -0.386 e. The molecule has 0 aliphatic heterocycles. The summed E-state index contributed by atoms with van der Waals surface area (Å²) >= 11 is 1.56. The second kappa shape index (κ2) is 4.98. The molecule has 0 aromatic carbocycles. The fourth-order valence-corrected chi connectivity index (χ4v) is 2.43. The van der Waals surface area contributed by atoms with E-state index in [9.17, 15) is 5.11 Å².